The minimum absolute atomic E-state index is 0.191. The number of esters is 1. The Labute approximate surface area is 166 Å². The van der Waals surface area contributed by atoms with Crippen molar-refractivity contribution in [2.75, 3.05) is 20.3 Å². The molecule has 3 rings (SSSR count). The van der Waals surface area contributed by atoms with Crippen molar-refractivity contribution < 1.29 is 28.9 Å². The monoisotopic (exact) mass is 400 g/mol. The molecule has 28 heavy (non-hydrogen) atoms. The normalized spacial score (nSPS) is 10.6. The number of hydrogen-bond acceptors (Lipinski definition) is 6. The van der Waals surface area contributed by atoms with Crippen molar-refractivity contribution in [3.63, 3.8) is 0 Å². The molecule has 0 fully saturated rings. The topological polar surface area (TPSA) is 82.1 Å². The molecule has 7 heteroatoms. The van der Waals surface area contributed by atoms with Crippen LogP contribution >= 0.6 is 11.3 Å². The summed E-state index contributed by atoms with van der Waals surface area (Å²) in [6, 6.07) is 14.9. The predicted molar refractivity (Wildman–Crippen MR) is 107 cm³/mol. The van der Waals surface area contributed by atoms with E-state index in [1.807, 2.05) is 48.5 Å². The van der Waals surface area contributed by atoms with Crippen molar-refractivity contribution in [1.29, 1.82) is 0 Å². The zero-order chi connectivity index (χ0) is 19.9. The molecule has 0 saturated heterocycles. The van der Waals surface area contributed by atoms with Crippen molar-refractivity contribution in [2.24, 2.45) is 0 Å². The molecular formula is C21H20O6S. The number of ether oxygens (including phenoxy) is 3. The van der Waals surface area contributed by atoms with Gasteiger partial charge in [-0.15, -0.1) is 11.3 Å². The van der Waals surface area contributed by atoms with Crippen LogP contribution in [0.4, 0.5) is 0 Å². The van der Waals surface area contributed by atoms with E-state index in [9.17, 15) is 14.7 Å². The summed E-state index contributed by atoms with van der Waals surface area (Å²) in [6.07, 6.45) is 0.949. The number of fused-ring (bicyclic) bond motifs is 1. The van der Waals surface area contributed by atoms with Gasteiger partial charge in [-0.05, 0) is 36.2 Å². The molecule has 0 saturated carbocycles. The molecular weight excluding hydrogens is 380 g/mol. The second-order valence-electron chi connectivity index (χ2n) is 5.98. The third kappa shape index (κ3) is 4.80. The van der Waals surface area contributed by atoms with Gasteiger partial charge in [0.1, 0.15) is 19.0 Å². The molecule has 0 radical (unpaired) electrons. The molecule has 0 aliphatic heterocycles. The van der Waals surface area contributed by atoms with E-state index in [0.717, 1.165) is 15.6 Å². The summed E-state index contributed by atoms with van der Waals surface area (Å²) >= 11 is 1.20. The fraction of sp³-hybridized carbons (Fsp3) is 0.238. The number of methoxy groups -OCH3 is 1. The summed E-state index contributed by atoms with van der Waals surface area (Å²) in [7, 11) is 1.37. The number of aromatic carboxylic acids is 1. The Bertz CT molecular complexity index is 961. The largest absolute Gasteiger partial charge is 0.490 e. The number of aryl methyl sites for hydroxylation is 1. The fourth-order valence-corrected chi connectivity index (χ4v) is 3.70. The Morgan fingerprint density at radius 1 is 1.00 bits per heavy atom. The molecule has 1 aromatic heterocycles. The number of rotatable bonds is 9. The molecule has 3 aromatic rings. The summed E-state index contributed by atoms with van der Waals surface area (Å²) in [4.78, 5) is 22.8. The van der Waals surface area contributed by atoms with Gasteiger partial charge in [0.15, 0.2) is 10.6 Å². The minimum atomic E-state index is -1.00. The van der Waals surface area contributed by atoms with Crippen molar-refractivity contribution >= 4 is 33.4 Å². The first kappa shape index (κ1) is 19.7. The number of carboxylic acids is 1. The molecule has 0 amide bonds. The van der Waals surface area contributed by atoms with Crippen LogP contribution in [0.5, 0.6) is 11.5 Å². The van der Waals surface area contributed by atoms with Gasteiger partial charge >= 0.3 is 11.9 Å². The van der Waals surface area contributed by atoms with Crippen LogP contribution in [0.2, 0.25) is 0 Å². The van der Waals surface area contributed by atoms with E-state index < -0.39 is 5.97 Å². The SMILES string of the molecule is COC(=O)CCc1ccc(OCCOc2c(C(=O)O)sc3ccccc23)cc1. The summed E-state index contributed by atoms with van der Waals surface area (Å²) in [5.41, 5.74) is 1.02. The standard InChI is InChI=1S/C21H20O6S/c1-25-18(22)11-8-14-6-9-15(10-7-14)26-12-13-27-19-16-4-2-3-5-17(16)28-20(19)21(23)24/h2-7,9-10H,8,11-13H2,1H3,(H,23,24). The van der Waals surface area contributed by atoms with Gasteiger partial charge < -0.3 is 19.3 Å². The van der Waals surface area contributed by atoms with E-state index in [2.05, 4.69) is 4.74 Å². The molecule has 0 unspecified atom stereocenters. The molecule has 0 aliphatic carbocycles. The molecule has 1 heterocycles. The van der Waals surface area contributed by atoms with Gasteiger partial charge in [0, 0.05) is 16.5 Å². The number of benzene rings is 2. The highest BCUT2D eigenvalue weighted by molar-refractivity contribution is 7.21. The van der Waals surface area contributed by atoms with Gasteiger partial charge in [-0.25, -0.2) is 4.79 Å². The van der Waals surface area contributed by atoms with Gasteiger partial charge in [0.2, 0.25) is 0 Å². The van der Waals surface area contributed by atoms with E-state index in [0.29, 0.717) is 24.3 Å². The molecule has 0 bridgehead atoms. The summed E-state index contributed by atoms with van der Waals surface area (Å²) in [6.45, 7) is 0.510. The first-order valence-electron chi connectivity index (χ1n) is 8.74. The maximum atomic E-state index is 11.5. The van der Waals surface area contributed by atoms with Crippen molar-refractivity contribution in [3.05, 3.63) is 59.0 Å². The summed E-state index contributed by atoms with van der Waals surface area (Å²) < 4.78 is 16.9. The maximum absolute atomic E-state index is 11.5. The van der Waals surface area contributed by atoms with E-state index in [4.69, 9.17) is 9.47 Å². The molecule has 0 spiro atoms. The summed E-state index contributed by atoms with van der Waals surface area (Å²) in [5, 5.41) is 10.2. The zero-order valence-electron chi connectivity index (χ0n) is 15.3. The average Bonchev–Trinajstić information content (AvgIpc) is 3.09. The first-order valence-corrected chi connectivity index (χ1v) is 9.56. The molecule has 6 nitrogen and oxygen atoms in total. The number of carbonyl (C=O) groups excluding carboxylic acids is 1. The molecule has 2 aromatic carbocycles. The van der Waals surface area contributed by atoms with Crippen LogP contribution in [0.25, 0.3) is 10.1 Å². The van der Waals surface area contributed by atoms with E-state index >= 15 is 0 Å². The van der Waals surface area contributed by atoms with Crippen molar-refractivity contribution in [1.82, 2.24) is 0 Å². The second kappa shape index (κ2) is 9.23. The van der Waals surface area contributed by atoms with Crippen LogP contribution in [-0.2, 0) is 16.0 Å². The van der Waals surface area contributed by atoms with E-state index in [1.165, 1.54) is 18.4 Å². The van der Waals surface area contributed by atoms with Crippen LogP contribution in [0.15, 0.2) is 48.5 Å². The lowest BCUT2D eigenvalue weighted by molar-refractivity contribution is -0.140. The van der Waals surface area contributed by atoms with Gasteiger partial charge in [-0.3, -0.25) is 4.79 Å². The van der Waals surface area contributed by atoms with Crippen LogP contribution in [0, 0.1) is 0 Å². The molecule has 146 valence electrons. The Balaban J connectivity index is 1.53. The highest BCUT2D eigenvalue weighted by Crippen LogP contribution is 2.37. The highest BCUT2D eigenvalue weighted by Gasteiger charge is 2.18. The van der Waals surface area contributed by atoms with Crippen LogP contribution in [0.3, 0.4) is 0 Å². The average molecular weight is 400 g/mol. The number of carbonyl (C=O) groups is 2. The Morgan fingerprint density at radius 3 is 2.43 bits per heavy atom. The minimum Gasteiger partial charge on any atom is -0.490 e. The third-order valence-corrected chi connectivity index (χ3v) is 5.25. The third-order valence-electron chi connectivity index (χ3n) is 4.11. The maximum Gasteiger partial charge on any atom is 0.349 e. The smallest absolute Gasteiger partial charge is 0.349 e. The van der Waals surface area contributed by atoms with Gasteiger partial charge in [0.05, 0.1) is 7.11 Å². The Morgan fingerprint density at radius 2 is 1.71 bits per heavy atom. The lowest BCUT2D eigenvalue weighted by atomic mass is 10.1. The number of thiophene rings is 1. The molecule has 1 N–H and O–H groups in total. The van der Waals surface area contributed by atoms with E-state index in [-0.39, 0.29) is 24.1 Å². The van der Waals surface area contributed by atoms with Crippen LogP contribution in [0.1, 0.15) is 21.7 Å². The summed E-state index contributed by atoms with van der Waals surface area (Å²) in [5.74, 6) is -0.173. The molecule has 0 atom stereocenters. The van der Waals surface area contributed by atoms with Gasteiger partial charge in [0.25, 0.3) is 0 Å². The molecule has 0 aliphatic rings. The first-order chi connectivity index (χ1) is 13.6. The second-order valence-corrected chi connectivity index (χ2v) is 7.03. The quantitative estimate of drug-likeness (QED) is 0.429. The van der Waals surface area contributed by atoms with Crippen molar-refractivity contribution in [2.45, 2.75) is 12.8 Å². The Kier molecular flexibility index (Phi) is 6.49. The lowest BCUT2D eigenvalue weighted by Gasteiger charge is -2.09. The lowest BCUT2D eigenvalue weighted by Crippen LogP contribution is -2.10. The fourth-order valence-electron chi connectivity index (χ4n) is 2.71. The number of hydrogen-bond donors (Lipinski definition) is 1. The van der Waals surface area contributed by atoms with Gasteiger partial charge in [-0.2, -0.15) is 0 Å². The Hall–Kier alpha value is -3.06. The van der Waals surface area contributed by atoms with Crippen LogP contribution in [-0.4, -0.2) is 37.4 Å². The predicted octanol–water partition coefficient (Wildman–Crippen LogP) is 4.16. The van der Waals surface area contributed by atoms with Crippen LogP contribution < -0.4 is 9.47 Å². The zero-order valence-corrected chi connectivity index (χ0v) is 16.2. The van der Waals surface area contributed by atoms with Crippen molar-refractivity contribution in [3.8, 4) is 11.5 Å². The number of carboxylic acid groups (broad SMARTS) is 1. The van der Waals surface area contributed by atoms with Gasteiger partial charge in [-0.1, -0.05) is 24.3 Å². The highest BCUT2D eigenvalue weighted by atomic mass is 32.1. The van der Waals surface area contributed by atoms with E-state index in [1.54, 1.807) is 0 Å².